The van der Waals surface area contributed by atoms with E-state index in [0.29, 0.717) is 0 Å². The first kappa shape index (κ1) is 15.2. The molecule has 0 atom stereocenters. The van der Waals surface area contributed by atoms with Crippen LogP contribution in [-0.2, 0) is 6.54 Å². The lowest BCUT2D eigenvalue weighted by Crippen LogP contribution is -2.50. The van der Waals surface area contributed by atoms with Gasteiger partial charge in [-0.1, -0.05) is 12.1 Å². The summed E-state index contributed by atoms with van der Waals surface area (Å²) in [6, 6.07) is 8.76. The van der Waals surface area contributed by atoms with E-state index in [4.69, 9.17) is 0 Å². The third kappa shape index (κ3) is 5.38. The largest absolute Gasteiger partial charge is 0.389 e. The summed E-state index contributed by atoms with van der Waals surface area (Å²) < 4.78 is 1.29. The molecule has 0 radical (unpaired) electrons. The van der Waals surface area contributed by atoms with Crippen LogP contribution in [0.3, 0.4) is 0 Å². The van der Waals surface area contributed by atoms with E-state index in [1.54, 1.807) is 0 Å². The molecule has 4 heteroatoms. The predicted octanol–water partition coefficient (Wildman–Crippen LogP) is 2.18. The van der Waals surface area contributed by atoms with E-state index < -0.39 is 5.60 Å². The molecule has 19 heavy (non-hydrogen) atoms. The van der Waals surface area contributed by atoms with E-state index in [-0.39, 0.29) is 0 Å². The molecule has 1 N–H and O–H groups in total. The highest BCUT2D eigenvalue weighted by molar-refractivity contribution is 14.1. The summed E-state index contributed by atoms with van der Waals surface area (Å²) in [7, 11) is 0. The third-order valence-corrected chi connectivity index (χ3v) is 4.11. The van der Waals surface area contributed by atoms with E-state index in [9.17, 15) is 5.11 Å². The summed E-state index contributed by atoms with van der Waals surface area (Å²) in [5.74, 6) is 0. The molecule has 0 spiro atoms. The maximum Gasteiger partial charge on any atom is 0.0718 e. The fourth-order valence-electron chi connectivity index (χ4n) is 2.50. The van der Waals surface area contributed by atoms with Crippen molar-refractivity contribution < 1.29 is 5.11 Å². The van der Waals surface area contributed by atoms with E-state index >= 15 is 0 Å². The van der Waals surface area contributed by atoms with Crippen molar-refractivity contribution in [3.05, 3.63) is 33.4 Å². The SMILES string of the molecule is CC(C)(O)CN1CCN(Cc2ccc(I)cc2)CC1. The van der Waals surface area contributed by atoms with Crippen molar-refractivity contribution in [1.82, 2.24) is 9.80 Å². The van der Waals surface area contributed by atoms with Crippen molar-refractivity contribution in [1.29, 1.82) is 0 Å². The summed E-state index contributed by atoms with van der Waals surface area (Å²) in [5, 5.41) is 9.84. The van der Waals surface area contributed by atoms with Gasteiger partial charge in [-0.2, -0.15) is 0 Å². The molecule has 0 aromatic heterocycles. The average Bonchev–Trinajstić information content (AvgIpc) is 2.33. The molecule has 1 saturated heterocycles. The van der Waals surface area contributed by atoms with Crippen molar-refractivity contribution >= 4 is 22.6 Å². The Bertz CT molecular complexity index is 392. The van der Waals surface area contributed by atoms with Gasteiger partial charge < -0.3 is 5.11 Å². The van der Waals surface area contributed by atoms with Crippen LogP contribution in [0.15, 0.2) is 24.3 Å². The van der Waals surface area contributed by atoms with Gasteiger partial charge in [-0.05, 0) is 54.1 Å². The molecule has 0 unspecified atom stereocenters. The predicted molar refractivity (Wildman–Crippen MR) is 87.2 cm³/mol. The Kier molecular flexibility index (Phi) is 5.22. The molecule has 0 saturated carbocycles. The van der Waals surface area contributed by atoms with Crippen LogP contribution in [-0.4, -0.2) is 53.2 Å². The van der Waals surface area contributed by atoms with Gasteiger partial charge in [0, 0.05) is 42.8 Å². The Morgan fingerprint density at radius 1 is 1.05 bits per heavy atom. The molecule has 2 rings (SSSR count). The molecule has 1 heterocycles. The fraction of sp³-hybridized carbons (Fsp3) is 0.600. The van der Waals surface area contributed by atoms with Gasteiger partial charge in [-0.15, -0.1) is 0 Å². The Labute approximate surface area is 129 Å². The van der Waals surface area contributed by atoms with E-state index in [0.717, 1.165) is 39.3 Å². The van der Waals surface area contributed by atoms with Crippen molar-refractivity contribution in [3.63, 3.8) is 0 Å². The first-order valence-electron chi connectivity index (χ1n) is 6.84. The second-order valence-electron chi connectivity index (χ2n) is 5.99. The second kappa shape index (κ2) is 6.52. The average molecular weight is 374 g/mol. The fourth-order valence-corrected chi connectivity index (χ4v) is 2.86. The lowest BCUT2D eigenvalue weighted by Gasteiger charge is -2.37. The number of β-amino-alcohol motifs (C(OH)–C–C–N with tert-alkyl or cyclic N) is 1. The van der Waals surface area contributed by atoms with Crippen molar-refractivity contribution in [2.45, 2.75) is 26.0 Å². The van der Waals surface area contributed by atoms with Crippen LogP contribution in [0.25, 0.3) is 0 Å². The molecule has 0 amide bonds. The number of piperazine rings is 1. The molecule has 106 valence electrons. The molecule has 0 bridgehead atoms. The first-order valence-corrected chi connectivity index (χ1v) is 7.92. The zero-order chi connectivity index (χ0) is 13.9. The third-order valence-electron chi connectivity index (χ3n) is 3.39. The normalized spacial score (nSPS) is 18.7. The first-order chi connectivity index (χ1) is 8.92. The van der Waals surface area contributed by atoms with Gasteiger partial charge in [0.15, 0.2) is 0 Å². The lowest BCUT2D eigenvalue weighted by molar-refractivity contribution is 0.0167. The van der Waals surface area contributed by atoms with E-state index in [2.05, 4.69) is 56.7 Å². The minimum atomic E-state index is -0.585. The Hall–Kier alpha value is -0.170. The maximum absolute atomic E-state index is 9.84. The Morgan fingerprint density at radius 3 is 2.11 bits per heavy atom. The van der Waals surface area contributed by atoms with Crippen molar-refractivity contribution in [2.24, 2.45) is 0 Å². The highest BCUT2D eigenvalue weighted by Gasteiger charge is 2.22. The second-order valence-corrected chi connectivity index (χ2v) is 7.24. The topological polar surface area (TPSA) is 26.7 Å². The summed E-state index contributed by atoms with van der Waals surface area (Å²) in [4.78, 5) is 4.84. The zero-order valence-corrected chi connectivity index (χ0v) is 13.9. The summed E-state index contributed by atoms with van der Waals surface area (Å²) in [6.07, 6.45) is 0. The smallest absolute Gasteiger partial charge is 0.0718 e. The minimum absolute atomic E-state index is 0.585. The minimum Gasteiger partial charge on any atom is -0.389 e. The van der Waals surface area contributed by atoms with Crippen LogP contribution in [0.5, 0.6) is 0 Å². The van der Waals surface area contributed by atoms with Crippen LogP contribution in [0.1, 0.15) is 19.4 Å². The molecule has 1 aromatic rings. The molecule has 0 aliphatic carbocycles. The van der Waals surface area contributed by atoms with Gasteiger partial charge in [-0.3, -0.25) is 9.80 Å². The van der Waals surface area contributed by atoms with Gasteiger partial charge in [0.25, 0.3) is 0 Å². The molecular formula is C15H23IN2O. The number of halogens is 1. The van der Waals surface area contributed by atoms with Gasteiger partial charge in [-0.25, -0.2) is 0 Å². The lowest BCUT2D eigenvalue weighted by atomic mass is 10.1. The van der Waals surface area contributed by atoms with Crippen LogP contribution in [0.4, 0.5) is 0 Å². The van der Waals surface area contributed by atoms with Crippen LogP contribution < -0.4 is 0 Å². The molecule has 1 aromatic carbocycles. The number of nitrogens with zero attached hydrogens (tertiary/aromatic N) is 2. The van der Waals surface area contributed by atoms with Gasteiger partial charge in [0.1, 0.15) is 0 Å². The van der Waals surface area contributed by atoms with Gasteiger partial charge >= 0.3 is 0 Å². The van der Waals surface area contributed by atoms with Gasteiger partial charge in [0.2, 0.25) is 0 Å². The maximum atomic E-state index is 9.84. The van der Waals surface area contributed by atoms with Crippen LogP contribution in [0.2, 0.25) is 0 Å². The zero-order valence-electron chi connectivity index (χ0n) is 11.8. The van der Waals surface area contributed by atoms with E-state index in [1.807, 2.05) is 13.8 Å². The highest BCUT2D eigenvalue weighted by Crippen LogP contribution is 2.13. The summed E-state index contributed by atoms with van der Waals surface area (Å²) >= 11 is 2.34. The Balaban J connectivity index is 1.79. The molecule has 1 fully saturated rings. The number of hydrogen-bond donors (Lipinski definition) is 1. The van der Waals surface area contributed by atoms with E-state index in [1.165, 1.54) is 9.13 Å². The summed E-state index contributed by atoms with van der Waals surface area (Å²) in [6.45, 7) is 9.83. The number of rotatable bonds is 4. The van der Waals surface area contributed by atoms with Crippen molar-refractivity contribution in [2.75, 3.05) is 32.7 Å². The quantitative estimate of drug-likeness (QED) is 0.819. The monoisotopic (exact) mass is 374 g/mol. The van der Waals surface area contributed by atoms with Crippen molar-refractivity contribution in [3.8, 4) is 0 Å². The Morgan fingerprint density at radius 2 is 1.58 bits per heavy atom. The molecule has 3 nitrogen and oxygen atoms in total. The molecule has 1 aliphatic heterocycles. The number of hydrogen-bond acceptors (Lipinski definition) is 3. The molecular weight excluding hydrogens is 351 g/mol. The van der Waals surface area contributed by atoms with Crippen LogP contribution >= 0.6 is 22.6 Å². The molecule has 1 aliphatic rings. The van der Waals surface area contributed by atoms with Crippen LogP contribution in [0, 0.1) is 3.57 Å². The highest BCUT2D eigenvalue weighted by atomic mass is 127. The van der Waals surface area contributed by atoms with Gasteiger partial charge in [0.05, 0.1) is 5.60 Å². The summed E-state index contributed by atoms with van der Waals surface area (Å²) in [5.41, 5.74) is 0.800. The standard InChI is InChI=1S/C15H23IN2O/c1-15(2,19)12-18-9-7-17(8-10-18)11-13-3-5-14(16)6-4-13/h3-6,19H,7-12H2,1-2H3. The number of aliphatic hydroxyl groups is 1. The number of benzene rings is 1.